The van der Waals surface area contributed by atoms with Crippen LogP contribution >= 0.6 is 0 Å². The molecule has 0 bridgehead atoms. The van der Waals surface area contributed by atoms with Gasteiger partial charge >= 0.3 is 0 Å². The maximum Gasteiger partial charge on any atom is 0.259 e. The Morgan fingerprint density at radius 2 is 2.03 bits per heavy atom. The molecule has 0 aliphatic carbocycles. The summed E-state index contributed by atoms with van der Waals surface area (Å²) in [4.78, 5) is 29.7. The molecule has 176 valence electrons. The van der Waals surface area contributed by atoms with Gasteiger partial charge in [-0.2, -0.15) is 0 Å². The third-order valence-electron chi connectivity index (χ3n) is 5.50. The number of amides is 1. The van der Waals surface area contributed by atoms with Crippen LogP contribution in [0.25, 0.3) is 0 Å². The van der Waals surface area contributed by atoms with Crippen molar-refractivity contribution in [1.29, 1.82) is 0 Å². The van der Waals surface area contributed by atoms with Crippen molar-refractivity contribution in [3.8, 4) is 17.7 Å². The molecule has 2 aromatic heterocycles. The number of carbonyl (C=O) groups is 1. The van der Waals surface area contributed by atoms with E-state index in [1.54, 1.807) is 30.3 Å². The molecule has 9 nitrogen and oxygen atoms in total. The molecule has 0 fully saturated rings. The number of aliphatic hydroxyl groups excluding tert-OH is 2. The number of nitrogens with zero attached hydrogens (tertiary/aromatic N) is 5. The first-order valence-corrected chi connectivity index (χ1v) is 11.0. The number of hydrogen-bond acceptors (Lipinski definition) is 8. The fourth-order valence-corrected chi connectivity index (χ4v) is 3.67. The summed E-state index contributed by atoms with van der Waals surface area (Å²) in [6.07, 6.45) is 5.56. The van der Waals surface area contributed by atoms with Crippen LogP contribution in [0.1, 0.15) is 42.3 Å². The van der Waals surface area contributed by atoms with E-state index in [-0.39, 0.29) is 36.5 Å². The third kappa shape index (κ3) is 6.48. The van der Waals surface area contributed by atoms with Crippen molar-refractivity contribution in [3.05, 3.63) is 47.7 Å². The predicted molar refractivity (Wildman–Crippen MR) is 122 cm³/mol. The van der Waals surface area contributed by atoms with Crippen LogP contribution < -0.4 is 4.74 Å². The summed E-state index contributed by atoms with van der Waals surface area (Å²) < 4.78 is 6.28. The second kappa shape index (κ2) is 11.2. The van der Waals surface area contributed by atoms with Crippen LogP contribution in [0.4, 0.5) is 0 Å². The Hall–Kier alpha value is -3.06. The van der Waals surface area contributed by atoms with Crippen molar-refractivity contribution >= 4 is 5.91 Å². The zero-order valence-corrected chi connectivity index (χ0v) is 19.5. The average Bonchev–Trinajstić information content (AvgIpc) is 2.80. The molecule has 0 unspecified atom stereocenters. The standard InChI is InChI=1S/C24H31N5O4/c1-16-11-29(17(2)14-30)24(32)21-7-19(6-5-18(3)31)10-27-23(21)33-22(16)13-28(4)12-20-8-25-15-26-9-20/h7-10,15-18,22,30-31H,11-14H2,1-4H3/t16-,17-,18-,22+/m1/s1. The largest absolute Gasteiger partial charge is 0.472 e. The molecule has 3 heterocycles. The van der Waals surface area contributed by atoms with Gasteiger partial charge in [0.05, 0.1) is 12.6 Å². The van der Waals surface area contributed by atoms with Crippen molar-refractivity contribution in [1.82, 2.24) is 24.8 Å². The smallest absolute Gasteiger partial charge is 0.259 e. The summed E-state index contributed by atoms with van der Waals surface area (Å²) >= 11 is 0. The maximum absolute atomic E-state index is 13.4. The van der Waals surface area contributed by atoms with Crippen molar-refractivity contribution in [2.75, 3.05) is 26.7 Å². The molecule has 2 aromatic rings. The van der Waals surface area contributed by atoms with E-state index >= 15 is 0 Å². The van der Waals surface area contributed by atoms with Gasteiger partial charge in [-0.25, -0.2) is 15.0 Å². The second-order valence-electron chi connectivity index (χ2n) is 8.59. The van der Waals surface area contributed by atoms with Crippen molar-refractivity contribution in [2.45, 2.75) is 45.6 Å². The van der Waals surface area contributed by atoms with Gasteiger partial charge in [-0.05, 0) is 27.0 Å². The van der Waals surface area contributed by atoms with E-state index in [4.69, 9.17) is 4.74 Å². The normalized spacial score (nSPS) is 20.1. The summed E-state index contributed by atoms with van der Waals surface area (Å²) in [5.41, 5.74) is 1.79. The number of rotatable bonds is 6. The van der Waals surface area contributed by atoms with Crippen LogP contribution in [0.3, 0.4) is 0 Å². The molecule has 1 amide bonds. The highest BCUT2D eigenvalue weighted by atomic mass is 16.5. The number of aliphatic hydroxyl groups is 2. The van der Waals surface area contributed by atoms with Crippen LogP contribution in [-0.4, -0.2) is 85.9 Å². The Kier molecular flexibility index (Phi) is 8.33. The van der Waals surface area contributed by atoms with Gasteiger partial charge in [0.25, 0.3) is 5.91 Å². The molecular weight excluding hydrogens is 422 g/mol. The fourth-order valence-electron chi connectivity index (χ4n) is 3.67. The van der Waals surface area contributed by atoms with Crippen molar-refractivity contribution in [2.24, 2.45) is 5.92 Å². The SMILES string of the molecule is C[C@@H]1CN([C@H](C)CO)C(=O)c2cc(C#C[C@@H](C)O)cnc2O[C@H]1CN(C)Cc1cncnc1. The van der Waals surface area contributed by atoms with E-state index in [1.165, 1.54) is 12.5 Å². The minimum Gasteiger partial charge on any atom is -0.472 e. The lowest BCUT2D eigenvalue weighted by Gasteiger charge is -2.37. The molecular formula is C24H31N5O4. The monoisotopic (exact) mass is 453 g/mol. The van der Waals surface area contributed by atoms with Crippen molar-refractivity contribution in [3.63, 3.8) is 0 Å². The molecule has 4 atom stereocenters. The van der Waals surface area contributed by atoms with Gasteiger partial charge in [0.2, 0.25) is 5.88 Å². The summed E-state index contributed by atoms with van der Waals surface area (Å²) in [5, 5.41) is 19.2. The number of aromatic nitrogens is 3. The van der Waals surface area contributed by atoms with Gasteiger partial charge < -0.3 is 19.8 Å². The summed E-state index contributed by atoms with van der Waals surface area (Å²) in [6.45, 7) is 6.93. The number of likely N-dealkylation sites (N-methyl/N-ethyl adjacent to an activating group) is 1. The fraction of sp³-hybridized carbons (Fsp3) is 0.500. The minimum absolute atomic E-state index is 0.0120. The highest BCUT2D eigenvalue weighted by Gasteiger charge is 2.34. The van der Waals surface area contributed by atoms with E-state index in [1.807, 2.05) is 20.9 Å². The number of fused-ring (bicyclic) bond motifs is 1. The van der Waals surface area contributed by atoms with E-state index in [0.29, 0.717) is 30.8 Å². The molecule has 2 N–H and O–H groups in total. The summed E-state index contributed by atoms with van der Waals surface area (Å²) in [7, 11) is 1.99. The molecule has 3 rings (SSSR count). The lowest BCUT2D eigenvalue weighted by atomic mass is 9.99. The van der Waals surface area contributed by atoms with Crippen molar-refractivity contribution < 1.29 is 19.7 Å². The Morgan fingerprint density at radius 3 is 2.70 bits per heavy atom. The summed E-state index contributed by atoms with van der Waals surface area (Å²) in [6, 6.07) is 1.27. The van der Waals surface area contributed by atoms with Crippen LogP contribution in [0.2, 0.25) is 0 Å². The first-order valence-electron chi connectivity index (χ1n) is 11.0. The van der Waals surface area contributed by atoms with Gasteiger partial charge in [-0.15, -0.1) is 0 Å². The Morgan fingerprint density at radius 1 is 1.30 bits per heavy atom. The molecule has 1 aliphatic rings. The van der Waals surface area contributed by atoms with Gasteiger partial charge in [-0.3, -0.25) is 9.69 Å². The first-order chi connectivity index (χ1) is 15.8. The van der Waals surface area contributed by atoms with E-state index in [2.05, 4.69) is 31.7 Å². The predicted octanol–water partition coefficient (Wildman–Crippen LogP) is 0.956. The Labute approximate surface area is 194 Å². The Balaban J connectivity index is 1.91. The highest BCUT2D eigenvalue weighted by molar-refractivity contribution is 5.97. The van der Waals surface area contributed by atoms with E-state index < -0.39 is 6.10 Å². The van der Waals surface area contributed by atoms with E-state index in [9.17, 15) is 15.0 Å². The molecule has 33 heavy (non-hydrogen) atoms. The van der Waals surface area contributed by atoms with Gasteiger partial charge in [-0.1, -0.05) is 18.8 Å². The van der Waals surface area contributed by atoms with E-state index in [0.717, 1.165) is 5.56 Å². The quantitative estimate of drug-likeness (QED) is 0.622. The number of ether oxygens (including phenoxy) is 1. The minimum atomic E-state index is -0.791. The van der Waals surface area contributed by atoms with Crippen LogP contribution in [0.5, 0.6) is 5.88 Å². The van der Waals surface area contributed by atoms with Gasteiger partial charge in [0.15, 0.2) is 0 Å². The lowest BCUT2D eigenvalue weighted by Crippen LogP contribution is -2.49. The molecule has 0 radical (unpaired) electrons. The zero-order chi connectivity index (χ0) is 24.0. The molecule has 0 aromatic carbocycles. The maximum atomic E-state index is 13.4. The lowest BCUT2D eigenvalue weighted by molar-refractivity contribution is 0.0325. The number of hydrogen-bond donors (Lipinski definition) is 2. The summed E-state index contributed by atoms with van der Waals surface area (Å²) in [5.74, 6) is 5.46. The number of pyridine rings is 1. The van der Waals surface area contributed by atoms with Crippen LogP contribution in [-0.2, 0) is 6.54 Å². The topological polar surface area (TPSA) is 112 Å². The van der Waals surface area contributed by atoms with Gasteiger partial charge in [0, 0.05) is 55.3 Å². The number of carbonyl (C=O) groups excluding carboxylic acids is 1. The molecule has 9 heteroatoms. The van der Waals surface area contributed by atoms with Crippen LogP contribution in [0, 0.1) is 17.8 Å². The second-order valence-corrected chi connectivity index (χ2v) is 8.59. The average molecular weight is 454 g/mol. The molecule has 0 saturated carbocycles. The first kappa shape index (κ1) is 24.6. The highest BCUT2D eigenvalue weighted by Crippen LogP contribution is 2.27. The molecule has 0 spiro atoms. The molecule has 1 aliphatic heterocycles. The Bertz CT molecular complexity index is 1000. The van der Waals surface area contributed by atoms with Gasteiger partial charge in [0.1, 0.15) is 24.1 Å². The van der Waals surface area contributed by atoms with Crippen LogP contribution in [0.15, 0.2) is 31.0 Å². The third-order valence-corrected chi connectivity index (χ3v) is 5.50. The zero-order valence-electron chi connectivity index (χ0n) is 19.5. The molecule has 0 saturated heterocycles.